The molecular formula is C19H13ClF3N5O3S. The number of halogens is 4. The van der Waals surface area contributed by atoms with Crippen molar-refractivity contribution in [3.8, 4) is 11.8 Å². The molecule has 166 valence electrons. The van der Waals surface area contributed by atoms with E-state index in [1.165, 1.54) is 12.3 Å². The number of hydrogen-bond acceptors (Lipinski definition) is 6. The highest BCUT2D eigenvalue weighted by atomic mass is 35.5. The van der Waals surface area contributed by atoms with E-state index < -0.39 is 40.5 Å². The van der Waals surface area contributed by atoms with Crippen LogP contribution in [0.15, 0.2) is 29.2 Å². The lowest BCUT2D eigenvalue weighted by Crippen LogP contribution is -2.39. The molecule has 1 aromatic heterocycles. The Kier molecular flexibility index (Phi) is 6.05. The summed E-state index contributed by atoms with van der Waals surface area (Å²) in [7, 11) is -0.622. The molecule has 32 heavy (non-hydrogen) atoms. The number of anilines is 1. The van der Waals surface area contributed by atoms with Gasteiger partial charge in [-0.15, -0.1) is 4.68 Å². The Hall–Kier alpha value is -3.35. The summed E-state index contributed by atoms with van der Waals surface area (Å²) in [4.78, 5) is 15.0. The van der Waals surface area contributed by atoms with E-state index in [2.05, 4.69) is 20.0 Å². The summed E-state index contributed by atoms with van der Waals surface area (Å²) < 4.78 is 58.6. The molecule has 1 N–H and O–H groups in total. The molecule has 0 spiro atoms. The fourth-order valence-corrected chi connectivity index (χ4v) is 4.38. The summed E-state index contributed by atoms with van der Waals surface area (Å²) in [6, 6.07) is 3.37. The second-order valence-electron chi connectivity index (χ2n) is 6.62. The van der Waals surface area contributed by atoms with Crippen molar-refractivity contribution in [1.29, 1.82) is 5.26 Å². The quantitative estimate of drug-likeness (QED) is 0.399. The Morgan fingerprint density at radius 3 is 2.75 bits per heavy atom. The number of rotatable bonds is 4. The third-order valence-electron chi connectivity index (χ3n) is 4.71. The molecule has 0 radical (unpaired) electrons. The summed E-state index contributed by atoms with van der Waals surface area (Å²) in [6.45, 7) is 7.33. The second-order valence-corrected chi connectivity index (χ2v) is 8.34. The van der Waals surface area contributed by atoms with Gasteiger partial charge in [-0.25, -0.2) is 4.79 Å². The predicted octanol–water partition coefficient (Wildman–Crippen LogP) is 4.10. The van der Waals surface area contributed by atoms with Gasteiger partial charge in [0.2, 0.25) is 0 Å². The molecule has 0 amide bonds. The van der Waals surface area contributed by atoms with Gasteiger partial charge in [-0.05, 0) is 23.3 Å². The first kappa shape index (κ1) is 23.3. The van der Waals surface area contributed by atoms with Gasteiger partial charge < -0.3 is 14.9 Å². The van der Waals surface area contributed by atoms with Crippen LogP contribution in [-0.4, -0.2) is 33.3 Å². The third-order valence-corrected chi connectivity index (χ3v) is 5.94. The zero-order chi connectivity index (χ0) is 23.8. The van der Waals surface area contributed by atoms with Crippen LogP contribution in [0.25, 0.3) is 10.5 Å². The largest absolute Gasteiger partial charge is 0.466 e. The van der Waals surface area contributed by atoms with E-state index in [-0.39, 0.29) is 32.8 Å². The maximum atomic E-state index is 13.5. The second kappa shape index (κ2) is 8.30. The van der Waals surface area contributed by atoms with Crippen LogP contribution in [0.4, 0.5) is 24.8 Å². The van der Waals surface area contributed by atoms with Crippen molar-refractivity contribution in [3.63, 3.8) is 0 Å². The molecular weight excluding hydrogens is 471 g/mol. The Balaban J connectivity index is 2.47. The molecule has 0 bridgehead atoms. The monoisotopic (exact) mass is 483 g/mol. The van der Waals surface area contributed by atoms with Crippen LogP contribution in [0.5, 0.6) is 0 Å². The van der Waals surface area contributed by atoms with Crippen LogP contribution in [0.1, 0.15) is 17.5 Å². The molecule has 1 aromatic carbocycles. The normalized spacial score (nSPS) is 18.1. The van der Waals surface area contributed by atoms with Crippen molar-refractivity contribution in [2.24, 2.45) is 0 Å². The third kappa shape index (κ3) is 3.83. The molecule has 2 atom stereocenters. The Morgan fingerprint density at radius 2 is 2.22 bits per heavy atom. The average molecular weight is 484 g/mol. The smallest absolute Gasteiger partial charge is 0.416 e. The molecule has 2 unspecified atom stereocenters. The van der Waals surface area contributed by atoms with E-state index in [9.17, 15) is 27.4 Å². The van der Waals surface area contributed by atoms with Crippen molar-refractivity contribution >= 4 is 40.0 Å². The number of nitriles is 1. The number of nitrogens with zero attached hydrogens (tertiary/aromatic N) is 4. The number of esters is 1. The number of aromatic nitrogens is 2. The van der Waals surface area contributed by atoms with Gasteiger partial charge in [0.1, 0.15) is 10.6 Å². The molecule has 0 saturated heterocycles. The highest BCUT2D eigenvalue weighted by Gasteiger charge is 2.44. The minimum Gasteiger partial charge on any atom is -0.466 e. The molecule has 2 aromatic rings. The molecule has 0 aliphatic carbocycles. The van der Waals surface area contributed by atoms with Gasteiger partial charge in [-0.2, -0.15) is 18.4 Å². The minimum absolute atomic E-state index is 0.00996. The number of carbonyl (C=O) groups is 1. The van der Waals surface area contributed by atoms with Gasteiger partial charge in [0.15, 0.2) is 5.82 Å². The lowest BCUT2D eigenvalue weighted by molar-refractivity contribution is -0.137. The maximum Gasteiger partial charge on any atom is 0.416 e. The molecule has 3 rings (SSSR count). The van der Waals surface area contributed by atoms with Gasteiger partial charge in [-0.3, -0.25) is 4.21 Å². The SMILES string of the molecule is [C-]#[N+]c1nn2c(c1S(C)=O)NC(/C=C/C(=O)OC)(CC#N)c1cc(C(F)(F)F)cc(Cl)c1-2. The number of hydrogen-bond donors (Lipinski definition) is 1. The topological polar surface area (TPSA) is 101 Å². The van der Waals surface area contributed by atoms with E-state index in [0.717, 1.165) is 23.9 Å². The van der Waals surface area contributed by atoms with E-state index >= 15 is 0 Å². The van der Waals surface area contributed by atoms with E-state index in [1.54, 1.807) is 0 Å². The average Bonchev–Trinajstić information content (AvgIpc) is 3.09. The number of methoxy groups -OCH3 is 1. The Labute approximate surface area is 187 Å². The zero-order valence-corrected chi connectivity index (χ0v) is 18.0. The fraction of sp³-hybridized carbons (Fsp3) is 0.263. The van der Waals surface area contributed by atoms with Gasteiger partial charge in [0.25, 0.3) is 0 Å². The molecule has 1 aliphatic rings. The summed E-state index contributed by atoms with van der Waals surface area (Å²) in [5.74, 6) is -1.06. The number of benzene rings is 1. The molecule has 1 aliphatic heterocycles. The van der Waals surface area contributed by atoms with E-state index in [4.69, 9.17) is 18.2 Å². The number of alkyl halides is 3. The van der Waals surface area contributed by atoms with Crippen molar-refractivity contribution in [3.05, 3.63) is 51.9 Å². The number of nitrogens with one attached hydrogen (secondary N) is 1. The Morgan fingerprint density at radius 1 is 1.53 bits per heavy atom. The van der Waals surface area contributed by atoms with Gasteiger partial charge in [0, 0.05) is 28.7 Å². The fourth-order valence-electron chi connectivity index (χ4n) is 3.33. The number of carbonyl (C=O) groups excluding carboxylic acids is 1. The first-order chi connectivity index (χ1) is 15.0. The molecule has 0 saturated carbocycles. The first-order valence-electron chi connectivity index (χ1n) is 8.67. The van der Waals surface area contributed by atoms with Crippen LogP contribution in [-0.2, 0) is 32.0 Å². The molecule has 13 heteroatoms. The summed E-state index contributed by atoms with van der Waals surface area (Å²) in [5.41, 5.74) is -2.94. The van der Waals surface area contributed by atoms with Gasteiger partial charge in [-0.1, -0.05) is 18.2 Å². The van der Waals surface area contributed by atoms with Crippen LogP contribution in [0.3, 0.4) is 0 Å². The van der Waals surface area contributed by atoms with Crippen molar-refractivity contribution < 1.29 is 26.9 Å². The van der Waals surface area contributed by atoms with Crippen LogP contribution in [0, 0.1) is 17.9 Å². The highest BCUT2D eigenvalue weighted by Crippen LogP contribution is 2.48. The minimum atomic E-state index is -4.76. The number of ether oxygens (including phenoxy) is 1. The molecule has 2 heterocycles. The summed E-state index contributed by atoms with van der Waals surface area (Å²) in [6.07, 6.45) is -1.78. The lowest BCUT2D eigenvalue weighted by atomic mass is 9.83. The highest BCUT2D eigenvalue weighted by molar-refractivity contribution is 7.84. The summed E-state index contributed by atoms with van der Waals surface area (Å²) in [5, 5.41) is 16.1. The van der Waals surface area contributed by atoms with E-state index in [0.29, 0.717) is 6.07 Å². The molecule has 8 nitrogen and oxygen atoms in total. The van der Waals surface area contributed by atoms with Crippen molar-refractivity contribution in [2.75, 3.05) is 18.7 Å². The van der Waals surface area contributed by atoms with Crippen molar-refractivity contribution in [2.45, 2.75) is 23.0 Å². The standard InChI is InChI=1S/C19H13ClF3N5O3S/c1-25-16-15(32(3)30)17-26-18(6-7-24,5-4-13(29)31-2)11-8-10(19(21,22)23)9-12(20)14(11)28(17)27-16/h4-5,8-9,26H,6H2,2-3H3/b5-4+. The maximum absolute atomic E-state index is 13.5. The van der Waals surface area contributed by atoms with Gasteiger partial charge >= 0.3 is 18.0 Å². The molecule has 0 fully saturated rings. The first-order valence-corrected chi connectivity index (χ1v) is 10.6. The Bertz CT molecular complexity index is 1260. The van der Waals surface area contributed by atoms with Crippen LogP contribution >= 0.6 is 11.6 Å². The summed E-state index contributed by atoms with van der Waals surface area (Å²) >= 11 is 6.24. The van der Waals surface area contributed by atoms with Gasteiger partial charge in [0.05, 0.1) is 35.7 Å². The zero-order valence-electron chi connectivity index (χ0n) is 16.5. The van der Waals surface area contributed by atoms with E-state index in [1.807, 2.05) is 6.07 Å². The van der Waals surface area contributed by atoms with Crippen molar-refractivity contribution in [1.82, 2.24) is 9.78 Å². The van der Waals surface area contributed by atoms with Crippen LogP contribution < -0.4 is 5.32 Å². The number of fused-ring (bicyclic) bond motifs is 3. The predicted molar refractivity (Wildman–Crippen MR) is 109 cm³/mol. The van der Waals surface area contributed by atoms with Crippen LogP contribution in [0.2, 0.25) is 5.02 Å². The lowest BCUT2D eigenvalue weighted by Gasteiger charge is -2.37.